The molecule has 0 aromatic heterocycles. The van der Waals surface area contributed by atoms with Gasteiger partial charge in [0.25, 0.3) is 17.5 Å². The van der Waals surface area contributed by atoms with E-state index in [1.54, 1.807) is 60.4 Å². The van der Waals surface area contributed by atoms with Crippen molar-refractivity contribution in [3.63, 3.8) is 0 Å². The lowest BCUT2D eigenvalue weighted by molar-refractivity contribution is -0.385. The van der Waals surface area contributed by atoms with Crippen molar-refractivity contribution in [3.8, 4) is 5.75 Å². The molecule has 286 valence electrons. The molecule has 5 atom stereocenters. The monoisotopic (exact) mass is 766 g/mol. The number of nitro benzene ring substituents is 1. The van der Waals surface area contributed by atoms with Gasteiger partial charge in [0.15, 0.2) is 5.60 Å². The average molecular weight is 767 g/mol. The van der Waals surface area contributed by atoms with E-state index in [1.165, 1.54) is 43.3 Å². The zero-order chi connectivity index (χ0) is 39.2. The molecule has 14 heteroatoms. The van der Waals surface area contributed by atoms with E-state index in [-0.39, 0.29) is 49.2 Å². The molecule has 3 aliphatic rings. The lowest BCUT2D eigenvalue weighted by atomic mass is 9.82. The number of aliphatic hydroxyl groups excluding tert-OH is 1. The number of hydrogen-bond acceptors (Lipinski definition) is 8. The minimum absolute atomic E-state index is 0.0177. The van der Waals surface area contributed by atoms with E-state index in [4.69, 9.17) is 9.47 Å². The van der Waals surface area contributed by atoms with Crippen LogP contribution in [0.2, 0.25) is 18.6 Å². The van der Waals surface area contributed by atoms with Gasteiger partial charge in [-0.2, -0.15) is 0 Å². The molecular formula is C41H43FN4O8Si. The molecule has 1 saturated heterocycles. The van der Waals surface area contributed by atoms with Gasteiger partial charge in [0.2, 0.25) is 14.3 Å². The van der Waals surface area contributed by atoms with Gasteiger partial charge in [-0.3, -0.25) is 24.5 Å². The molecule has 3 aliphatic heterocycles. The highest BCUT2D eigenvalue weighted by molar-refractivity contribution is 6.72. The normalized spacial score (nSPS) is 23.1. The molecule has 0 bridgehead atoms. The number of carbonyl (C=O) groups is 3. The summed E-state index contributed by atoms with van der Waals surface area (Å²) >= 11 is 0. The van der Waals surface area contributed by atoms with Crippen molar-refractivity contribution in [3.05, 3.63) is 129 Å². The maximum absolute atomic E-state index is 16.5. The third-order valence-electron chi connectivity index (χ3n) is 11.3. The van der Waals surface area contributed by atoms with Crippen LogP contribution in [0.5, 0.6) is 5.75 Å². The first-order valence-electron chi connectivity index (χ1n) is 18.2. The lowest BCUT2D eigenvalue weighted by Gasteiger charge is -2.37. The summed E-state index contributed by atoms with van der Waals surface area (Å²) in [6, 6.07) is 25.0. The zero-order valence-corrected chi connectivity index (χ0v) is 32.0. The van der Waals surface area contributed by atoms with E-state index in [9.17, 15) is 29.6 Å². The second kappa shape index (κ2) is 14.7. The van der Waals surface area contributed by atoms with E-state index in [0.29, 0.717) is 34.7 Å². The zero-order valence-electron chi connectivity index (χ0n) is 31.0. The number of nitrogens with zero attached hydrogens (tertiary/aromatic N) is 3. The highest BCUT2D eigenvalue weighted by Gasteiger charge is 2.67. The van der Waals surface area contributed by atoms with E-state index in [0.717, 1.165) is 11.1 Å². The molecule has 2 N–H and O–H groups in total. The Hall–Kier alpha value is -5.44. The van der Waals surface area contributed by atoms with Crippen molar-refractivity contribution >= 4 is 43.2 Å². The van der Waals surface area contributed by atoms with Crippen molar-refractivity contribution in [2.75, 3.05) is 23.9 Å². The molecule has 0 unspecified atom stereocenters. The number of rotatable bonds is 10. The van der Waals surface area contributed by atoms with Crippen LogP contribution in [-0.4, -0.2) is 66.9 Å². The smallest absolute Gasteiger partial charge is 0.269 e. The summed E-state index contributed by atoms with van der Waals surface area (Å²) in [5.74, 6) is -1.36. The predicted octanol–water partition coefficient (Wildman–Crippen LogP) is 6.51. The van der Waals surface area contributed by atoms with Gasteiger partial charge in [0, 0.05) is 47.0 Å². The van der Waals surface area contributed by atoms with E-state index < -0.39 is 48.4 Å². The number of nitrogens with one attached hydrogen (secondary N) is 1. The summed E-state index contributed by atoms with van der Waals surface area (Å²) in [7, 11) is -2.14. The van der Waals surface area contributed by atoms with Gasteiger partial charge < -0.3 is 33.8 Å². The highest BCUT2D eigenvalue weighted by atomic mass is 28.4. The molecule has 1 spiro atoms. The SMILES string of the molecule is COc1ccc(C(=O)Nc2cccc(CN3C(=O)[C@]4(O[C@H](CC(=O)N5Cc6ccccc6C[C@H]5CO)[C@@H]([Si](C)(C)F)[C@@H]4C)c4cc([N+](=O)[O-])ccc43)c2)cc1. The van der Waals surface area contributed by atoms with Crippen molar-refractivity contribution < 1.29 is 38.0 Å². The van der Waals surface area contributed by atoms with Crippen LogP contribution in [0.3, 0.4) is 0 Å². The fourth-order valence-corrected chi connectivity index (χ4v) is 11.2. The molecule has 12 nitrogen and oxygen atoms in total. The number of ether oxygens (including phenoxy) is 2. The quantitative estimate of drug-likeness (QED) is 0.0803. The Bertz CT molecular complexity index is 2160. The van der Waals surface area contributed by atoms with Crippen LogP contribution in [0.25, 0.3) is 0 Å². The molecule has 7 rings (SSSR count). The standard InChI is InChI=1S/C41H43FN4O8Si/c1-25-38(55(3,4)42)36(21-37(48)44-23-29-10-6-5-9-28(29)19-32(44)24-47)54-41(25)34-20-31(46(51)52)14-17-35(34)45(40(41)50)22-26-8-7-11-30(18-26)43-39(49)27-12-15-33(53-2)16-13-27/h5-18,20,25,32,36,38,47H,19,21-24H2,1-4H3,(H,43,49)/t25-,32-,36+,38-,41+/m0/s1. The third kappa shape index (κ3) is 6.89. The molecular weight excluding hydrogens is 724 g/mol. The fraction of sp³-hybridized carbons (Fsp3) is 0.341. The first-order chi connectivity index (χ1) is 26.2. The van der Waals surface area contributed by atoms with Crippen LogP contribution < -0.4 is 15.0 Å². The van der Waals surface area contributed by atoms with Crippen molar-refractivity contribution in [2.45, 2.75) is 69.2 Å². The lowest BCUT2D eigenvalue weighted by Crippen LogP contribution is -2.48. The number of carbonyl (C=O) groups excluding carboxylic acids is 3. The highest BCUT2D eigenvalue weighted by Crippen LogP contribution is 2.60. The fourth-order valence-electron chi connectivity index (χ4n) is 8.71. The van der Waals surface area contributed by atoms with Crippen LogP contribution in [0.4, 0.5) is 21.2 Å². The van der Waals surface area contributed by atoms with Gasteiger partial charge in [0.1, 0.15) is 5.75 Å². The number of hydrogen-bond donors (Lipinski definition) is 2. The predicted molar refractivity (Wildman–Crippen MR) is 206 cm³/mol. The minimum Gasteiger partial charge on any atom is -0.497 e. The van der Waals surface area contributed by atoms with Gasteiger partial charge in [-0.25, -0.2) is 0 Å². The molecule has 0 saturated carbocycles. The second-order valence-corrected chi connectivity index (χ2v) is 18.8. The topological polar surface area (TPSA) is 152 Å². The minimum atomic E-state index is -3.68. The van der Waals surface area contributed by atoms with Gasteiger partial charge in [-0.1, -0.05) is 43.3 Å². The molecule has 55 heavy (non-hydrogen) atoms. The average Bonchev–Trinajstić information content (AvgIpc) is 3.59. The molecule has 0 aliphatic carbocycles. The molecule has 1 fully saturated rings. The van der Waals surface area contributed by atoms with Crippen LogP contribution in [0.1, 0.15) is 46.0 Å². The maximum atomic E-state index is 16.5. The number of aliphatic hydroxyl groups is 1. The Morgan fingerprint density at radius 3 is 2.45 bits per heavy atom. The van der Waals surface area contributed by atoms with Crippen molar-refractivity contribution in [1.29, 1.82) is 0 Å². The largest absolute Gasteiger partial charge is 0.497 e. The summed E-state index contributed by atoms with van der Waals surface area (Å²) < 4.78 is 28.5. The van der Waals surface area contributed by atoms with Crippen molar-refractivity contribution in [1.82, 2.24) is 4.90 Å². The summed E-state index contributed by atoms with van der Waals surface area (Å²) in [6.07, 6.45) is -0.782. The van der Waals surface area contributed by atoms with Gasteiger partial charge in [0.05, 0.1) is 49.4 Å². The number of benzene rings is 4. The van der Waals surface area contributed by atoms with E-state index >= 15 is 4.11 Å². The van der Waals surface area contributed by atoms with Gasteiger partial charge >= 0.3 is 0 Å². The number of fused-ring (bicyclic) bond motifs is 3. The van der Waals surface area contributed by atoms with Crippen molar-refractivity contribution in [2.24, 2.45) is 5.92 Å². The first kappa shape index (κ1) is 37.9. The molecule has 4 aromatic carbocycles. The number of anilines is 2. The Morgan fingerprint density at radius 2 is 1.78 bits per heavy atom. The molecule has 0 radical (unpaired) electrons. The van der Waals surface area contributed by atoms with Gasteiger partial charge in [-0.15, -0.1) is 0 Å². The molecule has 3 amide bonds. The number of amides is 3. The number of nitro groups is 1. The third-order valence-corrected chi connectivity index (χ3v) is 13.8. The van der Waals surface area contributed by atoms with Crippen LogP contribution in [-0.2, 0) is 39.4 Å². The summed E-state index contributed by atoms with van der Waals surface area (Å²) in [4.78, 5) is 56.7. The summed E-state index contributed by atoms with van der Waals surface area (Å²) in [5, 5.41) is 25.2. The number of non-ortho nitro benzene ring substituents is 1. The Labute approximate surface area is 319 Å². The van der Waals surface area contributed by atoms with Gasteiger partial charge in [-0.05, 0) is 78.7 Å². The Morgan fingerprint density at radius 1 is 1.05 bits per heavy atom. The van der Waals surface area contributed by atoms with Crippen LogP contribution >= 0.6 is 0 Å². The maximum Gasteiger partial charge on any atom is 0.269 e. The number of methoxy groups -OCH3 is 1. The Kier molecular flexibility index (Phi) is 10.1. The Balaban J connectivity index is 1.20. The van der Waals surface area contributed by atoms with Crippen LogP contribution in [0.15, 0.2) is 91.0 Å². The van der Waals surface area contributed by atoms with E-state index in [1.807, 2.05) is 24.3 Å². The second-order valence-electron chi connectivity index (χ2n) is 15.0. The van der Waals surface area contributed by atoms with Crippen LogP contribution in [0, 0.1) is 16.0 Å². The molecule has 4 aromatic rings. The molecule has 3 heterocycles. The summed E-state index contributed by atoms with van der Waals surface area (Å²) in [6.45, 7) is 4.82. The van der Waals surface area contributed by atoms with E-state index in [2.05, 4.69) is 5.32 Å². The summed E-state index contributed by atoms with van der Waals surface area (Å²) in [5.41, 5.74) is 1.31. The number of halogens is 1. The first-order valence-corrected chi connectivity index (χ1v) is 21.2.